The van der Waals surface area contributed by atoms with Crippen LogP contribution in [0, 0.1) is 17.8 Å². The number of likely N-dealkylation sites (tertiary alicyclic amines) is 1. The summed E-state index contributed by atoms with van der Waals surface area (Å²) in [7, 11) is 0. The minimum absolute atomic E-state index is 0.0617. The normalized spacial score (nSPS) is 18.8. The molecule has 4 rings (SSSR count). The molecule has 2 aliphatic rings. The molecule has 1 aliphatic heterocycles. The largest absolute Gasteiger partial charge is 0.478 e. The van der Waals surface area contributed by atoms with E-state index in [-0.39, 0.29) is 55.2 Å². The summed E-state index contributed by atoms with van der Waals surface area (Å²) in [5, 5.41) is 14.9. The van der Waals surface area contributed by atoms with Gasteiger partial charge in [0.2, 0.25) is 23.5 Å². The Labute approximate surface area is 340 Å². The van der Waals surface area contributed by atoms with Crippen LogP contribution in [-0.4, -0.2) is 87.3 Å². The van der Waals surface area contributed by atoms with E-state index in [9.17, 15) is 43.5 Å². The second-order valence-electron chi connectivity index (χ2n) is 16.9. The van der Waals surface area contributed by atoms with E-state index in [4.69, 9.17) is 10.5 Å². The maximum atomic E-state index is 14.7. The molecular formula is C44H58N4O10. The van der Waals surface area contributed by atoms with Crippen LogP contribution in [0.15, 0.2) is 54.6 Å². The van der Waals surface area contributed by atoms with Gasteiger partial charge in [-0.3, -0.25) is 33.6 Å². The monoisotopic (exact) mass is 802 g/mol. The van der Waals surface area contributed by atoms with E-state index in [0.717, 1.165) is 19.3 Å². The zero-order valence-electron chi connectivity index (χ0n) is 34.2. The number of carbonyl (C=O) groups is 8. The molecule has 14 heteroatoms. The summed E-state index contributed by atoms with van der Waals surface area (Å²) in [6.07, 6.45) is 2.69. The Bertz CT molecular complexity index is 1830. The summed E-state index contributed by atoms with van der Waals surface area (Å²) in [5.41, 5.74) is 5.37. The van der Waals surface area contributed by atoms with Crippen LogP contribution in [0.25, 0.3) is 0 Å². The average Bonchev–Trinajstić information content (AvgIpc) is 3.60. The lowest BCUT2D eigenvalue weighted by molar-refractivity contribution is -0.143. The molecule has 1 heterocycles. The lowest BCUT2D eigenvalue weighted by atomic mass is 9.82. The molecule has 1 unspecified atom stereocenters. The fraction of sp³-hybridized carbons (Fsp3) is 0.545. The summed E-state index contributed by atoms with van der Waals surface area (Å²) < 4.78 is 6.27. The fourth-order valence-electron chi connectivity index (χ4n) is 7.98. The molecule has 314 valence electrons. The molecule has 0 aromatic heterocycles. The van der Waals surface area contributed by atoms with Crippen LogP contribution in [0.2, 0.25) is 0 Å². The van der Waals surface area contributed by atoms with Gasteiger partial charge in [-0.1, -0.05) is 69.5 Å². The van der Waals surface area contributed by atoms with E-state index in [0.29, 0.717) is 18.4 Å². The lowest BCUT2D eigenvalue weighted by Gasteiger charge is -2.35. The van der Waals surface area contributed by atoms with E-state index in [1.807, 2.05) is 34.6 Å². The summed E-state index contributed by atoms with van der Waals surface area (Å²) in [4.78, 5) is 108. The number of primary amides is 1. The van der Waals surface area contributed by atoms with Crippen LogP contribution in [0.1, 0.15) is 131 Å². The molecule has 14 nitrogen and oxygen atoms in total. The predicted octanol–water partition coefficient (Wildman–Crippen LogP) is 4.73. The number of carboxylic acid groups (broad SMARTS) is 1. The second kappa shape index (κ2) is 20.4. The van der Waals surface area contributed by atoms with Crippen LogP contribution in [0.3, 0.4) is 0 Å². The van der Waals surface area contributed by atoms with Gasteiger partial charge < -0.3 is 31.1 Å². The Morgan fingerprint density at radius 1 is 0.879 bits per heavy atom. The van der Waals surface area contributed by atoms with Crippen molar-refractivity contribution in [3.8, 4) is 0 Å². The molecule has 1 aliphatic carbocycles. The number of carbonyl (C=O) groups excluding carboxylic acids is 7. The zero-order valence-corrected chi connectivity index (χ0v) is 34.2. The number of amides is 4. The third-order valence-corrected chi connectivity index (χ3v) is 10.6. The van der Waals surface area contributed by atoms with Gasteiger partial charge in [0.1, 0.15) is 12.1 Å². The molecule has 0 spiro atoms. The maximum Gasteiger partial charge on any atom is 0.335 e. The number of Topliss-reactive ketones (excluding diaryl/α,β-unsaturated/α-hetero) is 3. The molecule has 0 radical (unpaired) electrons. The first-order chi connectivity index (χ1) is 27.3. The number of ketones is 3. The topological polar surface area (TPSA) is 219 Å². The Balaban J connectivity index is 1.53. The van der Waals surface area contributed by atoms with Crippen molar-refractivity contribution in [3.05, 3.63) is 71.3 Å². The van der Waals surface area contributed by atoms with Gasteiger partial charge in [0.15, 0.2) is 11.6 Å². The van der Waals surface area contributed by atoms with Crippen molar-refractivity contribution in [2.75, 3.05) is 6.54 Å². The van der Waals surface area contributed by atoms with E-state index < -0.39 is 89.1 Å². The highest BCUT2D eigenvalue weighted by Crippen LogP contribution is 2.33. The van der Waals surface area contributed by atoms with E-state index >= 15 is 0 Å². The van der Waals surface area contributed by atoms with Gasteiger partial charge in [-0.25, -0.2) is 4.79 Å². The molecule has 5 atom stereocenters. The number of ether oxygens (including phenoxy) is 1. The smallest absolute Gasteiger partial charge is 0.335 e. The standard InChI is InChI=1S/C44H58N4O10/c1-26(2)21-31(39(52)34(49)19-20-36(51)46-37(40(45)53)27-13-8-6-9-14-27)23-35(50)33-24-32(58-44(3,4)5)25-48(33)42(55)38(28-15-10-7-11-16-28)47-41(54)29-17-12-18-30(22-29)43(56)57/h6,8-9,12-14,17-18,22,26,28,31-33,37-38H,7,10-11,15-16,19-21,23-25H2,1-5H3,(H2,45,53)(H,46,51)(H,47,54)(H,56,57)/t31?,32-,33+,37+,38+/m1/s1. The molecule has 2 aromatic rings. The Morgan fingerprint density at radius 3 is 2.14 bits per heavy atom. The van der Waals surface area contributed by atoms with Gasteiger partial charge in [0.05, 0.1) is 23.3 Å². The minimum Gasteiger partial charge on any atom is -0.478 e. The van der Waals surface area contributed by atoms with Gasteiger partial charge in [0, 0.05) is 43.7 Å². The van der Waals surface area contributed by atoms with Gasteiger partial charge in [0.25, 0.3) is 5.91 Å². The van der Waals surface area contributed by atoms with E-state index in [1.165, 1.54) is 29.2 Å². The summed E-state index contributed by atoms with van der Waals surface area (Å²) in [6.45, 7) is 9.37. The predicted molar refractivity (Wildman–Crippen MR) is 214 cm³/mol. The summed E-state index contributed by atoms with van der Waals surface area (Å²) in [5.74, 6) is -7.09. The molecule has 0 bridgehead atoms. The third-order valence-electron chi connectivity index (χ3n) is 10.6. The van der Waals surface area contributed by atoms with Crippen LogP contribution >= 0.6 is 0 Å². The number of nitrogens with two attached hydrogens (primary N) is 1. The van der Waals surface area contributed by atoms with Crippen LogP contribution < -0.4 is 16.4 Å². The minimum atomic E-state index is -1.20. The van der Waals surface area contributed by atoms with Crippen molar-refractivity contribution < 1.29 is 48.2 Å². The Hall–Kier alpha value is -5.24. The summed E-state index contributed by atoms with van der Waals surface area (Å²) in [6, 6.07) is 10.8. The first kappa shape index (κ1) is 45.5. The highest BCUT2D eigenvalue weighted by molar-refractivity contribution is 6.38. The molecule has 5 N–H and O–H groups in total. The molecule has 2 fully saturated rings. The summed E-state index contributed by atoms with van der Waals surface area (Å²) >= 11 is 0. The molecule has 58 heavy (non-hydrogen) atoms. The number of aromatic carboxylic acids is 1. The number of carboxylic acids is 1. The highest BCUT2D eigenvalue weighted by Gasteiger charge is 2.46. The van der Waals surface area contributed by atoms with Crippen molar-refractivity contribution in [3.63, 3.8) is 0 Å². The molecular weight excluding hydrogens is 745 g/mol. The van der Waals surface area contributed by atoms with Crippen molar-refractivity contribution in [2.24, 2.45) is 23.5 Å². The van der Waals surface area contributed by atoms with Crippen molar-refractivity contribution in [1.82, 2.24) is 15.5 Å². The first-order valence-corrected chi connectivity index (χ1v) is 20.2. The molecule has 1 saturated carbocycles. The number of nitrogens with zero attached hydrogens (tertiary/aromatic N) is 1. The lowest BCUT2D eigenvalue weighted by Crippen LogP contribution is -2.55. The number of nitrogens with one attached hydrogen (secondary N) is 2. The van der Waals surface area contributed by atoms with Crippen molar-refractivity contribution in [2.45, 2.75) is 129 Å². The second-order valence-corrected chi connectivity index (χ2v) is 16.9. The Morgan fingerprint density at radius 2 is 1.53 bits per heavy atom. The van der Waals surface area contributed by atoms with E-state index in [2.05, 4.69) is 10.6 Å². The van der Waals surface area contributed by atoms with Gasteiger partial charge in [-0.2, -0.15) is 0 Å². The van der Waals surface area contributed by atoms with Gasteiger partial charge in [-0.05, 0) is 75.6 Å². The quantitative estimate of drug-likeness (QED) is 0.143. The van der Waals surface area contributed by atoms with Crippen molar-refractivity contribution in [1.29, 1.82) is 0 Å². The van der Waals surface area contributed by atoms with Crippen LogP contribution in [-0.2, 0) is 33.5 Å². The van der Waals surface area contributed by atoms with Crippen LogP contribution in [0.5, 0.6) is 0 Å². The number of rotatable bonds is 19. The molecule has 4 amide bonds. The number of hydrogen-bond donors (Lipinski definition) is 4. The first-order valence-electron chi connectivity index (χ1n) is 20.2. The Kier molecular flexibility index (Phi) is 16.0. The average molecular weight is 803 g/mol. The van der Waals surface area contributed by atoms with E-state index in [1.54, 1.807) is 30.3 Å². The molecule has 2 aromatic carbocycles. The van der Waals surface area contributed by atoms with Gasteiger partial charge >= 0.3 is 5.97 Å². The zero-order chi connectivity index (χ0) is 42.7. The third kappa shape index (κ3) is 12.9. The van der Waals surface area contributed by atoms with Gasteiger partial charge in [-0.15, -0.1) is 0 Å². The molecule has 1 saturated heterocycles. The highest BCUT2D eigenvalue weighted by atomic mass is 16.5. The number of hydrogen-bond acceptors (Lipinski definition) is 9. The maximum absolute atomic E-state index is 14.7. The fourth-order valence-corrected chi connectivity index (χ4v) is 7.98. The van der Waals surface area contributed by atoms with Crippen molar-refractivity contribution >= 4 is 46.9 Å². The van der Waals surface area contributed by atoms with Crippen LogP contribution in [0.4, 0.5) is 0 Å². The number of benzene rings is 2. The SMILES string of the molecule is CC(C)CC(CC(=O)[C@@H]1C[C@@H](OC(C)(C)C)CN1C(=O)[C@@H](NC(=O)c1cccc(C(=O)O)c1)C1CCCCC1)C(=O)C(=O)CCC(=O)N[C@H](C(N)=O)c1ccccc1.